The third-order valence-corrected chi connectivity index (χ3v) is 5.17. The Labute approximate surface area is 134 Å². The van der Waals surface area contributed by atoms with Crippen LogP contribution in [-0.2, 0) is 19.4 Å². The highest BCUT2D eigenvalue weighted by Crippen LogP contribution is 2.28. The van der Waals surface area contributed by atoms with Crippen LogP contribution in [0.1, 0.15) is 44.9 Å². The quantitative estimate of drug-likeness (QED) is 0.880. The number of ether oxygens (including phenoxy) is 1. The maximum Gasteiger partial charge on any atom is 0.261 e. The summed E-state index contributed by atoms with van der Waals surface area (Å²) in [7, 11) is 1.59. The van der Waals surface area contributed by atoms with E-state index in [2.05, 4.69) is 16.4 Å². The monoisotopic (exact) mass is 316 g/mol. The van der Waals surface area contributed by atoms with Gasteiger partial charge in [0.25, 0.3) is 5.91 Å². The van der Waals surface area contributed by atoms with E-state index in [1.165, 1.54) is 29.7 Å². The average Bonchev–Trinajstić information content (AvgIpc) is 2.84. The van der Waals surface area contributed by atoms with Crippen molar-refractivity contribution >= 4 is 17.2 Å². The number of hydrogen-bond donors (Lipinski definition) is 1. The molecule has 0 unspecified atom stereocenters. The van der Waals surface area contributed by atoms with Gasteiger partial charge in [0.05, 0.1) is 12.0 Å². The molecule has 1 aliphatic rings. The summed E-state index contributed by atoms with van der Waals surface area (Å²) in [5, 5.41) is 2.97. The van der Waals surface area contributed by atoms with Gasteiger partial charge in [-0.2, -0.15) is 0 Å². The highest BCUT2D eigenvalue weighted by atomic mass is 32.1. The minimum Gasteiger partial charge on any atom is -0.481 e. The highest BCUT2D eigenvalue weighted by Gasteiger charge is 2.16. The molecule has 116 valence electrons. The molecule has 3 rings (SSSR count). The number of nitrogens with one attached hydrogen (secondary N) is 1. The summed E-state index contributed by atoms with van der Waals surface area (Å²) >= 11 is 1.65. The van der Waals surface area contributed by atoms with E-state index in [0.717, 1.165) is 23.3 Å². The number of methoxy groups -OCH3 is 1. The third-order valence-electron chi connectivity index (χ3n) is 3.93. The molecule has 0 spiro atoms. The number of pyridine rings is 1. The maximum atomic E-state index is 12.3. The van der Waals surface area contributed by atoms with Crippen molar-refractivity contribution in [2.24, 2.45) is 0 Å². The molecule has 0 bridgehead atoms. The normalized spacial score (nSPS) is 14.0. The number of rotatable bonds is 4. The molecule has 2 aromatic rings. The lowest BCUT2D eigenvalue weighted by Gasteiger charge is -2.04. The highest BCUT2D eigenvalue weighted by molar-refractivity contribution is 7.14. The summed E-state index contributed by atoms with van der Waals surface area (Å²) < 4.78 is 5.02. The Kier molecular flexibility index (Phi) is 4.73. The van der Waals surface area contributed by atoms with Crippen molar-refractivity contribution in [2.45, 2.75) is 38.6 Å². The predicted molar refractivity (Wildman–Crippen MR) is 87.5 cm³/mol. The summed E-state index contributed by atoms with van der Waals surface area (Å²) in [5.41, 5.74) is 2.34. The number of aromatic nitrogens is 1. The molecule has 0 saturated heterocycles. The standard InChI is InChI=1S/C17H20N2O2S/c1-21-16-8-7-12(10-18-16)11-19-17(20)15-9-13-5-3-2-4-6-14(13)22-15/h7-10H,2-6,11H2,1H3,(H,19,20). The lowest BCUT2D eigenvalue weighted by atomic mass is 10.1. The summed E-state index contributed by atoms with van der Waals surface area (Å²) in [4.78, 5) is 18.7. The van der Waals surface area contributed by atoms with Crippen molar-refractivity contribution < 1.29 is 9.53 Å². The molecule has 0 aliphatic heterocycles. The van der Waals surface area contributed by atoms with Crippen molar-refractivity contribution in [3.63, 3.8) is 0 Å². The van der Waals surface area contributed by atoms with E-state index in [4.69, 9.17) is 4.74 Å². The van der Waals surface area contributed by atoms with Crippen LogP contribution < -0.4 is 10.1 Å². The molecule has 0 atom stereocenters. The lowest BCUT2D eigenvalue weighted by molar-refractivity contribution is 0.0955. The third kappa shape index (κ3) is 3.47. The van der Waals surface area contributed by atoms with Gasteiger partial charge in [-0.15, -0.1) is 11.3 Å². The zero-order valence-corrected chi connectivity index (χ0v) is 13.5. The first-order valence-electron chi connectivity index (χ1n) is 7.65. The second kappa shape index (κ2) is 6.92. The van der Waals surface area contributed by atoms with Gasteiger partial charge in [-0.3, -0.25) is 4.79 Å². The van der Waals surface area contributed by atoms with Gasteiger partial charge in [0.15, 0.2) is 0 Å². The van der Waals surface area contributed by atoms with Gasteiger partial charge in [-0.05, 0) is 42.9 Å². The molecular weight excluding hydrogens is 296 g/mol. The second-order valence-corrected chi connectivity index (χ2v) is 6.65. The van der Waals surface area contributed by atoms with E-state index in [1.54, 1.807) is 30.7 Å². The van der Waals surface area contributed by atoms with Crippen LogP contribution in [0.25, 0.3) is 0 Å². The second-order valence-electron chi connectivity index (χ2n) is 5.51. The lowest BCUT2D eigenvalue weighted by Crippen LogP contribution is -2.21. The molecule has 1 amide bonds. The fraction of sp³-hybridized carbons (Fsp3) is 0.412. The number of amides is 1. The van der Waals surface area contributed by atoms with E-state index in [0.29, 0.717) is 12.4 Å². The van der Waals surface area contributed by atoms with Crippen LogP contribution in [0.15, 0.2) is 24.4 Å². The number of fused-ring (bicyclic) bond motifs is 1. The molecular formula is C17H20N2O2S. The van der Waals surface area contributed by atoms with E-state index < -0.39 is 0 Å². The largest absolute Gasteiger partial charge is 0.481 e. The Morgan fingerprint density at radius 2 is 2.18 bits per heavy atom. The van der Waals surface area contributed by atoms with Gasteiger partial charge >= 0.3 is 0 Å². The summed E-state index contributed by atoms with van der Waals surface area (Å²) in [6.07, 6.45) is 7.74. The molecule has 1 N–H and O–H groups in total. The van der Waals surface area contributed by atoms with Crippen LogP contribution in [-0.4, -0.2) is 18.0 Å². The number of nitrogens with zero attached hydrogens (tertiary/aromatic N) is 1. The zero-order valence-electron chi connectivity index (χ0n) is 12.7. The Hall–Kier alpha value is -1.88. The fourth-order valence-electron chi connectivity index (χ4n) is 2.69. The van der Waals surface area contributed by atoms with Crippen LogP contribution >= 0.6 is 11.3 Å². The SMILES string of the molecule is COc1ccc(CNC(=O)c2cc3c(s2)CCCCC3)cn1. The number of carbonyl (C=O) groups excluding carboxylic acids is 1. The van der Waals surface area contributed by atoms with Crippen molar-refractivity contribution in [1.29, 1.82) is 0 Å². The Bertz CT molecular complexity index is 626. The molecule has 0 radical (unpaired) electrons. The number of carbonyl (C=O) groups is 1. The topological polar surface area (TPSA) is 51.2 Å². The van der Waals surface area contributed by atoms with Crippen LogP contribution in [0.5, 0.6) is 5.88 Å². The van der Waals surface area contributed by atoms with Crippen molar-refractivity contribution in [3.8, 4) is 5.88 Å². The number of aryl methyl sites for hydroxylation is 2. The van der Waals surface area contributed by atoms with Crippen LogP contribution in [0.3, 0.4) is 0 Å². The molecule has 0 fully saturated rings. The van der Waals surface area contributed by atoms with E-state index >= 15 is 0 Å². The van der Waals surface area contributed by atoms with Gasteiger partial charge < -0.3 is 10.1 Å². The van der Waals surface area contributed by atoms with Gasteiger partial charge in [0.1, 0.15) is 0 Å². The maximum absolute atomic E-state index is 12.3. The van der Waals surface area contributed by atoms with Crippen molar-refractivity contribution in [3.05, 3.63) is 45.3 Å². The molecule has 2 heterocycles. The smallest absolute Gasteiger partial charge is 0.261 e. The first-order chi connectivity index (χ1) is 10.8. The summed E-state index contributed by atoms with van der Waals surface area (Å²) in [6.45, 7) is 0.485. The van der Waals surface area contributed by atoms with Gasteiger partial charge in [-0.25, -0.2) is 4.98 Å². The number of hydrogen-bond acceptors (Lipinski definition) is 4. The van der Waals surface area contributed by atoms with E-state index in [1.807, 2.05) is 6.07 Å². The molecule has 2 aromatic heterocycles. The minimum absolute atomic E-state index is 0.00823. The summed E-state index contributed by atoms with van der Waals surface area (Å²) in [5.74, 6) is 0.589. The zero-order chi connectivity index (χ0) is 15.4. The molecule has 1 aliphatic carbocycles. The van der Waals surface area contributed by atoms with Crippen LogP contribution in [0.4, 0.5) is 0 Å². The first kappa shape index (κ1) is 15.0. The molecule has 0 aromatic carbocycles. The van der Waals surface area contributed by atoms with Gasteiger partial charge in [0.2, 0.25) is 5.88 Å². The molecule has 5 heteroatoms. The molecule has 0 saturated carbocycles. The van der Waals surface area contributed by atoms with E-state index in [9.17, 15) is 4.79 Å². The van der Waals surface area contributed by atoms with Crippen molar-refractivity contribution in [1.82, 2.24) is 10.3 Å². The Balaban J connectivity index is 1.61. The van der Waals surface area contributed by atoms with Gasteiger partial charge in [0, 0.05) is 23.7 Å². The predicted octanol–water partition coefficient (Wildman–Crippen LogP) is 3.35. The fourth-order valence-corrected chi connectivity index (χ4v) is 3.86. The molecule has 4 nitrogen and oxygen atoms in total. The Morgan fingerprint density at radius 3 is 2.95 bits per heavy atom. The summed E-state index contributed by atoms with van der Waals surface area (Å²) in [6, 6.07) is 5.79. The number of thiophene rings is 1. The Morgan fingerprint density at radius 1 is 1.32 bits per heavy atom. The first-order valence-corrected chi connectivity index (χ1v) is 8.46. The average molecular weight is 316 g/mol. The van der Waals surface area contributed by atoms with Gasteiger partial charge in [-0.1, -0.05) is 12.5 Å². The van der Waals surface area contributed by atoms with Crippen LogP contribution in [0, 0.1) is 0 Å². The van der Waals surface area contributed by atoms with Crippen LogP contribution in [0.2, 0.25) is 0 Å². The minimum atomic E-state index is 0.00823. The molecule has 22 heavy (non-hydrogen) atoms. The van der Waals surface area contributed by atoms with E-state index in [-0.39, 0.29) is 5.91 Å². The van der Waals surface area contributed by atoms with Crippen molar-refractivity contribution in [2.75, 3.05) is 7.11 Å².